The van der Waals surface area contributed by atoms with Crippen LogP contribution < -0.4 is 22.9 Å². The van der Waals surface area contributed by atoms with Crippen LogP contribution in [0.15, 0.2) is 0 Å². The van der Waals surface area contributed by atoms with Crippen LogP contribution in [0.1, 0.15) is 25.7 Å². The highest BCUT2D eigenvalue weighted by Crippen LogP contribution is 2.10. The molecule has 0 radical (unpaired) electrons. The van der Waals surface area contributed by atoms with Crippen LogP contribution in [0, 0.1) is 11.8 Å². The Morgan fingerprint density at radius 1 is 0.750 bits per heavy atom. The van der Waals surface area contributed by atoms with Crippen molar-refractivity contribution in [3.63, 3.8) is 0 Å². The molecule has 1 aliphatic rings. The van der Waals surface area contributed by atoms with E-state index in [9.17, 15) is 9.59 Å². The van der Waals surface area contributed by atoms with Crippen molar-refractivity contribution in [1.82, 2.24) is 9.80 Å². The topological polar surface area (TPSA) is 145 Å². The van der Waals surface area contributed by atoms with Gasteiger partial charge in [0.1, 0.15) is 0 Å². The molecule has 0 aromatic heterocycles. The number of nitrogens with two attached hydrogens (primary N) is 4. The van der Waals surface area contributed by atoms with E-state index >= 15 is 0 Å². The summed E-state index contributed by atoms with van der Waals surface area (Å²) in [6, 6.07) is 0. The van der Waals surface area contributed by atoms with Crippen molar-refractivity contribution < 1.29 is 9.59 Å². The molecule has 2 atom stereocenters. The lowest BCUT2D eigenvalue weighted by atomic mass is 10.0. The molecule has 1 aliphatic heterocycles. The molecular weight excluding hydrogens is 308 g/mol. The van der Waals surface area contributed by atoms with E-state index in [4.69, 9.17) is 22.9 Å². The molecule has 8 nitrogen and oxygen atoms in total. The summed E-state index contributed by atoms with van der Waals surface area (Å²) in [5, 5.41) is 0. The fourth-order valence-corrected chi connectivity index (χ4v) is 3.11. The number of primary amides is 2. The van der Waals surface area contributed by atoms with E-state index in [1.165, 1.54) is 0 Å². The van der Waals surface area contributed by atoms with E-state index in [0.717, 1.165) is 65.0 Å². The third-order valence-electron chi connectivity index (χ3n) is 4.89. The molecule has 24 heavy (non-hydrogen) atoms. The first kappa shape index (κ1) is 20.8. The fraction of sp³-hybridized carbons (Fsp3) is 0.875. The maximum absolute atomic E-state index is 11.2. The summed E-state index contributed by atoms with van der Waals surface area (Å²) in [5.41, 5.74) is 21.7. The lowest BCUT2D eigenvalue weighted by Gasteiger charge is -2.35. The molecule has 0 aromatic rings. The molecule has 2 amide bonds. The Hall–Kier alpha value is -1.22. The van der Waals surface area contributed by atoms with Crippen molar-refractivity contribution in [2.75, 3.05) is 52.4 Å². The van der Waals surface area contributed by atoms with Crippen molar-refractivity contribution in [2.45, 2.75) is 25.7 Å². The molecular formula is C16H34N6O2. The average molecular weight is 342 g/mol. The number of carbonyl (C=O) groups excluding carboxylic acids is 2. The standard InChI is InChI=1S/C16H34N6O2/c17-11-13(15(19)23)3-1-5-21-7-9-22(10-8-21)6-2-4-14(12-18)16(20)24/h13-14H,1-12,17-18H2,(H2,19,23)(H2,20,24). The third-order valence-corrected chi connectivity index (χ3v) is 4.89. The highest BCUT2D eigenvalue weighted by atomic mass is 16.1. The van der Waals surface area contributed by atoms with Gasteiger partial charge in [0, 0.05) is 51.1 Å². The maximum Gasteiger partial charge on any atom is 0.221 e. The summed E-state index contributed by atoms with van der Waals surface area (Å²) >= 11 is 0. The van der Waals surface area contributed by atoms with Crippen molar-refractivity contribution >= 4 is 11.8 Å². The second kappa shape index (κ2) is 11.4. The average Bonchev–Trinajstić information content (AvgIpc) is 2.56. The van der Waals surface area contributed by atoms with Gasteiger partial charge in [-0.15, -0.1) is 0 Å². The number of hydrogen-bond donors (Lipinski definition) is 4. The fourth-order valence-electron chi connectivity index (χ4n) is 3.11. The van der Waals surface area contributed by atoms with Crippen LogP contribution in [0.2, 0.25) is 0 Å². The molecule has 0 aromatic carbocycles. The number of nitrogens with zero attached hydrogens (tertiary/aromatic N) is 2. The van der Waals surface area contributed by atoms with Gasteiger partial charge in [-0.3, -0.25) is 9.59 Å². The van der Waals surface area contributed by atoms with E-state index in [1.807, 2.05) is 0 Å². The van der Waals surface area contributed by atoms with Crippen LogP contribution in [0.5, 0.6) is 0 Å². The van der Waals surface area contributed by atoms with Crippen LogP contribution in [0.25, 0.3) is 0 Å². The largest absolute Gasteiger partial charge is 0.369 e. The number of hydrogen-bond acceptors (Lipinski definition) is 6. The van der Waals surface area contributed by atoms with Crippen LogP contribution in [0.3, 0.4) is 0 Å². The first-order chi connectivity index (χ1) is 11.5. The molecule has 1 rings (SSSR count). The van der Waals surface area contributed by atoms with Gasteiger partial charge in [0.25, 0.3) is 0 Å². The Morgan fingerprint density at radius 3 is 1.33 bits per heavy atom. The Balaban J connectivity index is 2.13. The zero-order valence-corrected chi connectivity index (χ0v) is 14.7. The number of piperazine rings is 1. The Labute approximate surface area is 144 Å². The molecule has 0 aliphatic carbocycles. The molecule has 0 saturated carbocycles. The Bertz CT molecular complexity index is 349. The number of amides is 2. The van der Waals surface area contributed by atoms with Crippen molar-refractivity contribution in [3.8, 4) is 0 Å². The second-order valence-electron chi connectivity index (χ2n) is 6.64. The van der Waals surface area contributed by atoms with Crippen LogP contribution in [0.4, 0.5) is 0 Å². The highest BCUT2D eigenvalue weighted by Gasteiger charge is 2.19. The predicted octanol–water partition coefficient (Wildman–Crippen LogP) is -1.72. The van der Waals surface area contributed by atoms with E-state index in [1.54, 1.807) is 0 Å². The number of rotatable bonds is 12. The molecule has 1 fully saturated rings. The minimum absolute atomic E-state index is 0.202. The summed E-state index contributed by atoms with van der Waals surface area (Å²) in [5.74, 6) is -0.998. The summed E-state index contributed by atoms with van der Waals surface area (Å²) in [7, 11) is 0. The minimum atomic E-state index is -0.297. The van der Waals surface area contributed by atoms with Gasteiger partial charge in [-0.05, 0) is 38.8 Å². The van der Waals surface area contributed by atoms with Gasteiger partial charge in [-0.25, -0.2) is 0 Å². The zero-order valence-electron chi connectivity index (χ0n) is 14.7. The lowest BCUT2D eigenvalue weighted by Crippen LogP contribution is -2.47. The van der Waals surface area contributed by atoms with E-state index in [0.29, 0.717) is 13.1 Å². The molecule has 0 spiro atoms. The highest BCUT2D eigenvalue weighted by molar-refractivity contribution is 5.77. The van der Waals surface area contributed by atoms with Crippen molar-refractivity contribution in [1.29, 1.82) is 0 Å². The summed E-state index contributed by atoms with van der Waals surface area (Å²) in [6.45, 7) is 6.74. The summed E-state index contributed by atoms with van der Waals surface area (Å²) in [4.78, 5) is 27.1. The molecule has 2 unspecified atom stereocenters. The predicted molar refractivity (Wildman–Crippen MR) is 94.8 cm³/mol. The SMILES string of the molecule is NCC(CCCN1CCN(CCCC(CN)C(N)=O)CC1)C(N)=O. The van der Waals surface area contributed by atoms with E-state index in [-0.39, 0.29) is 23.7 Å². The third kappa shape index (κ3) is 7.57. The van der Waals surface area contributed by atoms with Crippen molar-refractivity contribution in [3.05, 3.63) is 0 Å². The van der Waals surface area contributed by atoms with Gasteiger partial charge in [0.2, 0.25) is 11.8 Å². The van der Waals surface area contributed by atoms with Gasteiger partial charge in [-0.2, -0.15) is 0 Å². The molecule has 8 N–H and O–H groups in total. The molecule has 140 valence electrons. The molecule has 0 bridgehead atoms. The van der Waals surface area contributed by atoms with Crippen LogP contribution in [-0.4, -0.2) is 74.0 Å². The van der Waals surface area contributed by atoms with Crippen LogP contribution >= 0.6 is 0 Å². The molecule has 1 saturated heterocycles. The summed E-state index contributed by atoms with van der Waals surface area (Å²) in [6.07, 6.45) is 3.42. The lowest BCUT2D eigenvalue weighted by molar-refractivity contribution is -0.122. The Morgan fingerprint density at radius 2 is 1.08 bits per heavy atom. The van der Waals surface area contributed by atoms with Gasteiger partial charge in [0.15, 0.2) is 0 Å². The zero-order chi connectivity index (χ0) is 17.9. The molecule has 8 heteroatoms. The molecule has 1 heterocycles. The van der Waals surface area contributed by atoms with Gasteiger partial charge >= 0.3 is 0 Å². The van der Waals surface area contributed by atoms with Gasteiger partial charge < -0.3 is 32.7 Å². The van der Waals surface area contributed by atoms with Gasteiger partial charge in [0.05, 0.1) is 0 Å². The summed E-state index contributed by atoms with van der Waals surface area (Å²) < 4.78 is 0. The van der Waals surface area contributed by atoms with E-state index in [2.05, 4.69) is 9.80 Å². The van der Waals surface area contributed by atoms with E-state index < -0.39 is 0 Å². The maximum atomic E-state index is 11.2. The first-order valence-corrected chi connectivity index (χ1v) is 8.91. The van der Waals surface area contributed by atoms with Gasteiger partial charge in [-0.1, -0.05) is 0 Å². The smallest absolute Gasteiger partial charge is 0.221 e. The number of carbonyl (C=O) groups is 2. The second-order valence-corrected chi connectivity index (χ2v) is 6.64. The van der Waals surface area contributed by atoms with Crippen LogP contribution in [-0.2, 0) is 9.59 Å². The van der Waals surface area contributed by atoms with Crippen molar-refractivity contribution in [2.24, 2.45) is 34.8 Å². The first-order valence-electron chi connectivity index (χ1n) is 8.91. The minimum Gasteiger partial charge on any atom is -0.369 e. The quantitative estimate of drug-likeness (QED) is 0.332. The monoisotopic (exact) mass is 342 g/mol. The normalized spacial score (nSPS) is 19.1. The Kier molecular flexibility index (Phi) is 9.85.